The van der Waals surface area contributed by atoms with E-state index in [9.17, 15) is 30.0 Å². The highest BCUT2D eigenvalue weighted by Crippen LogP contribution is 2.35. The van der Waals surface area contributed by atoms with Crippen LogP contribution in [-0.4, -0.2) is 59.8 Å². The predicted molar refractivity (Wildman–Crippen MR) is 104 cm³/mol. The Labute approximate surface area is 178 Å². The lowest BCUT2D eigenvalue weighted by Gasteiger charge is -2.28. The van der Waals surface area contributed by atoms with Crippen molar-refractivity contribution in [3.8, 4) is 0 Å². The van der Waals surface area contributed by atoms with Gasteiger partial charge in [0, 0.05) is 26.7 Å². The molecular formula is C17H22F3N5O4S2. The number of sulfonamides is 1. The smallest absolute Gasteiger partial charge is 0.203 e. The maximum atomic E-state index is 13.4. The molecule has 1 aliphatic rings. The SMILES string of the molecule is CN(C)S(=O)(=O)n1cnc(S(=O)(=O)N(Cc2ccccc2C(F)(F)F)C2CCCC2)n1. The molecule has 1 aromatic carbocycles. The molecule has 2 aromatic rings. The van der Waals surface area contributed by atoms with Crippen molar-refractivity contribution in [2.75, 3.05) is 14.1 Å². The Kier molecular flexibility index (Phi) is 6.47. The summed E-state index contributed by atoms with van der Waals surface area (Å²) in [7, 11) is -6.09. The van der Waals surface area contributed by atoms with Crippen LogP contribution in [0.2, 0.25) is 0 Å². The monoisotopic (exact) mass is 481 g/mol. The third-order valence-electron chi connectivity index (χ3n) is 5.07. The largest absolute Gasteiger partial charge is 0.416 e. The Balaban J connectivity index is 2.04. The molecule has 3 rings (SSSR count). The molecule has 1 fully saturated rings. The zero-order valence-corrected chi connectivity index (χ0v) is 18.5. The maximum absolute atomic E-state index is 13.4. The Hall–Kier alpha value is -2.03. The summed E-state index contributed by atoms with van der Waals surface area (Å²) in [5, 5.41) is 2.82. The number of halogens is 3. The summed E-state index contributed by atoms with van der Waals surface area (Å²) in [6, 6.07) is 4.22. The van der Waals surface area contributed by atoms with Gasteiger partial charge in [0.2, 0.25) is 0 Å². The second-order valence-corrected chi connectivity index (χ2v) is 11.1. The molecule has 172 valence electrons. The van der Waals surface area contributed by atoms with E-state index in [2.05, 4.69) is 10.1 Å². The third kappa shape index (κ3) is 4.76. The van der Waals surface area contributed by atoms with E-state index in [1.54, 1.807) is 0 Å². The lowest BCUT2D eigenvalue weighted by molar-refractivity contribution is -0.138. The first-order valence-corrected chi connectivity index (χ1v) is 12.2. The number of alkyl halides is 3. The second kappa shape index (κ2) is 8.48. The molecule has 0 atom stereocenters. The minimum atomic E-state index is -4.65. The van der Waals surface area contributed by atoms with Crippen LogP contribution < -0.4 is 0 Å². The van der Waals surface area contributed by atoms with Gasteiger partial charge in [-0.3, -0.25) is 0 Å². The molecule has 9 nitrogen and oxygen atoms in total. The van der Waals surface area contributed by atoms with Gasteiger partial charge in [-0.25, -0.2) is 13.4 Å². The highest BCUT2D eigenvalue weighted by molar-refractivity contribution is 7.89. The van der Waals surface area contributed by atoms with E-state index >= 15 is 0 Å². The molecule has 14 heteroatoms. The molecule has 0 aliphatic heterocycles. The van der Waals surface area contributed by atoms with Crippen LogP contribution in [0, 0.1) is 0 Å². The summed E-state index contributed by atoms with van der Waals surface area (Å²) >= 11 is 0. The van der Waals surface area contributed by atoms with E-state index in [0.29, 0.717) is 16.9 Å². The first kappa shape index (κ1) is 23.6. The zero-order valence-electron chi connectivity index (χ0n) is 16.8. The molecular weight excluding hydrogens is 459 g/mol. The lowest BCUT2D eigenvalue weighted by Crippen LogP contribution is -2.39. The average molecular weight is 482 g/mol. The van der Waals surface area contributed by atoms with Crippen molar-refractivity contribution in [2.24, 2.45) is 0 Å². The van der Waals surface area contributed by atoms with Gasteiger partial charge < -0.3 is 0 Å². The van der Waals surface area contributed by atoms with Crippen molar-refractivity contribution in [2.45, 2.75) is 49.6 Å². The topological polar surface area (TPSA) is 105 Å². The molecule has 0 amide bonds. The predicted octanol–water partition coefficient (Wildman–Crippen LogP) is 2.08. The quantitative estimate of drug-likeness (QED) is 0.600. The van der Waals surface area contributed by atoms with E-state index in [4.69, 9.17) is 0 Å². The number of benzene rings is 1. The number of rotatable bonds is 7. The van der Waals surface area contributed by atoms with Gasteiger partial charge in [-0.1, -0.05) is 31.0 Å². The van der Waals surface area contributed by atoms with Crippen LogP contribution in [0.15, 0.2) is 35.7 Å². The molecule has 1 aromatic heterocycles. The molecule has 1 aliphatic carbocycles. The molecule has 1 heterocycles. The van der Waals surface area contributed by atoms with Gasteiger partial charge in [0.15, 0.2) is 0 Å². The minimum absolute atomic E-state index is 0.203. The number of hydrogen-bond donors (Lipinski definition) is 0. The highest BCUT2D eigenvalue weighted by atomic mass is 32.2. The van der Waals surface area contributed by atoms with Crippen LogP contribution >= 0.6 is 0 Å². The van der Waals surface area contributed by atoms with E-state index in [0.717, 1.165) is 33.8 Å². The fourth-order valence-corrected chi connectivity index (χ4v) is 5.67. The van der Waals surface area contributed by atoms with Gasteiger partial charge in [-0.05, 0) is 24.5 Å². The van der Waals surface area contributed by atoms with Crippen molar-refractivity contribution in [3.63, 3.8) is 0 Å². The molecule has 0 bridgehead atoms. The average Bonchev–Trinajstić information content (AvgIpc) is 3.37. The fourth-order valence-electron chi connectivity index (χ4n) is 3.44. The van der Waals surface area contributed by atoms with E-state index < -0.39 is 49.7 Å². The molecule has 31 heavy (non-hydrogen) atoms. The van der Waals surface area contributed by atoms with Crippen LogP contribution in [0.4, 0.5) is 13.2 Å². The molecule has 0 unspecified atom stereocenters. The van der Waals surface area contributed by atoms with Crippen molar-refractivity contribution in [1.82, 2.24) is 22.8 Å². The van der Waals surface area contributed by atoms with Crippen LogP contribution in [0.5, 0.6) is 0 Å². The first-order valence-electron chi connectivity index (χ1n) is 9.37. The normalized spacial score (nSPS) is 16.5. The summed E-state index contributed by atoms with van der Waals surface area (Å²) in [6.45, 7) is -0.530. The van der Waals surface area contributed by atoms with E-state index in [1.807, 2.05) is 0 Å². The van der Waals surface area contributed by atoms with Gasteiger partial charge in [-0.2, -0.15) is 30.2 Å². The lowest BCUT2D eigenvalue weighted by atomic mass is 10.1. The molecule has 1 saturated carbocycles. The Bertz CT molecular complexity index is 1140. The Morgan fingerprint density at radius 3 is 2.29 bits per heavy atom. The highest BCUT2D eigenvalue weighted by Gasteiger charge is 2.39. The minimum Gasteiger partial charge on any atom is -0.203 e. The summed E-state index contributed by atoms with van der Waals surface area (Å²) < 4.78 is 93.5. The number of aromatic nitrogens is 3. The fraction of sp³-hybridized carbons (Fsp3) is 0.529. The van der Waals surface area contributed by atoms with Gasteiger partial charge >= 0.3 is 16.4 Å². The van der Waals surface area contributed by atoms with E-state index in [1.165, 1.54) is 32.3 Å². The molecule has 0 spiro atoms. The third-order valence-corrected chi connectivity index (χ3v) is 8.33. The Morgan fingerprint density at radius 1 is 1.10 bits per heavy atom. The van der Waals surface area contributed by atoms with Crippen molar-refractivity contribution in [1.29, 1.82) is 0 Å². The Morgan fingerprint density at radius 2 is 1.71 bits per heavy atom. The van der Waals surface area contributed by atoms with Crippen LogP contribution in [0.3, 0.4) is 0 Å². The van der Waals surface area contributed by atoms with Gasteiger partial charge in [0.1, 0.15) is 6.33 Å². The van der Waals surface area contributed by atoms with Gasteiger partial charge in [0.25, 0.3) is 15.2 Å². The van der Waals surface area contributed by atoms with Crippen molar-refractivity contribution in [3.05, 3.63) is 41.7 Å². The molecule has 0 saturated heterocycles. The van der Waals surface area contributed by atoms with Crippen LogP contribution in [-0.2, 0) is 33.0 Å². The van der Waals surface area contributed by atoms with Gasteiger partial charge in [-0.15, -0.1) is 9.19 Å². The first-order chi connectivity index (χ1) is 14.3. The van der Waals surface area contributed by atoms with Gasteiger partial charge in [0.05, 0.1) is 5.56 Å². The summed E-state index contributed by atoms with van der Waals surface area (Å²) in [4.78, 5) is 3.64. The van der Waals surface area contributed by atoms with Crippen LogP contribution in [0.1, 0.15) is 36.8 Å². The summed E-state index contributed by atoms with van der Waals surface area (Å²) in [5.74, 6) is 0. The summed E-state index contributed by atoms with van der Waals surface area (Å²) in [6.07, 6.45) is -1.49. The number of nitrogens with zero attached hydrogens (tertiary/aromatic N) is 5. The second-order valence-electron chi connectivity index (χ2n) is 7.33. The van der Waals surface area contributed by atoms with Crippen molar-refractivity contribution >= 4 is 20.2 Å². The maximum Gasteiger partial charge on any atom is 0.416 e. The standard InChI is InChI=1S/C17H22F3N5O4S2/c1-23(2)31(28,29)25-12-21-16(22-25)30(26,27)24(14-8-4-5-9-14)11-13-7-3-6-10-15(13)17(18,19)20/h3,6-7,10,12,14H,4-5,8-9,11H2,1-2H3. The van der Waals surface area contributed by atoms with Crippen molar-refractivity contribution < 1.29 is 30.0 Å². The summed E-state index contributed by atoms with van der Waals surface area (Å²) in [5.41, 5.74) is -1.13. The number of hydrogen-bond acceptors (Lipinski definition) is 6. The molecule has 0 radical (unpaired) electrons. The zero-order chi connectivity index (χ0) is 23.0. The molecule has 0 N–H and O–H groups in total. The van der Waals surface area contributed by atoms with Crippen LogP contribution in [0.25, 0.3) is 0 Å². The van der Waals surface area contributed by atoms with E-state index in [-0.39, 0.29) is 5.56 Å².